The van der Waals surface area contributed by atoms with Gasteiger partial charge in [0.05, 0.1) is 33.3 Å². The zero-order valence-corrected chi connectivity index (χ0v) is 20.1. The van der Waals surface area contributed by atoms with Gasteiger partial charge in [-0.2, -0.15) is 0 Å². The van der Waals surface area contributed by atoms with E-state index in [1.165, 1.54) is 40.6 Å². The topological polar surface area (TPSA) is 103 Å². The van der Waals surface area contributed by atoms with Crippen LogP contribution < -0.4 is 23.7 Å². The van der Waals surface area contributed by atoms with E-state index >= 15 is 0 Å². The SMILES string of the molecule is COc1cc(/C=C\c2ccc(O)c(OC)c2NS(=O)(=O)c2ccc(F)c(F)c2)cc(OC)c1OC. The van der Waals surface area contributed by atoms with Gasteiger partial charge < -0.3 is 24.1 Å². The van der Waals surface area contributed by atoms with Gasteiger partial charge in [0.15, 0.2) is 34.6 Å². The minimum atomic E-state index is -4.38. The molecule has 0 heterocycles. The number of aromatic hydroxyl groups is 1. The molecule has 0 atom stereocenters. The molecule has 0 aliphatic rings. The molecule has 0 saturated heterocycles. The maximum absolute atomic E-state index is 13.7. The summed E-state index contributed by atoms with van der Waals surface area (Å²) in [4.78, 5) is -0.513. The van der Waals surface area contributed by atoms with E-state index < -0.39 is 26.6 Å². The quantitative estimate of drug-likeness (QED) is 0.406. The van der Waals surface area contributed by atoms with Crippen molar-refractivity contribution < 1.29 is 41.3 Å². The van der Waals surface area contributed by atoms with Crippen molar-refractivity contribution in [3.63, 3.8) is 0 Å². The number of phenols is 1. The lowest BCUT2D eigenvalue weighted by molar-refractivity contribution is 0.324. The Kier molecular flexibility index (Phi) is 7.70. The van der Waals surface area contributed by atoms with Gasteiger partial charge in [0.25, 0.3) is 10.0 Å². The molecule has 3 rings (SSSR count). The highest BCUT2D eigenvalue weighted by Crippen LogP contribution is 2.41. The summed E-state index contributed by atoms with van der Waals surface area (Å²) in [5, 5.41) is 10.2. The molecule has 0 spiro atoms. The second-order valence-corrected chi connectivity index (χ2v) is 8.74. The van der Waals surface area contributed by atoms with Gasteiger partial charge in [0, 0.05) is 5.56 Å². The molecule has 3 aromatic rings. The lowest BCUT2D eigenvalue weighted by Gasteiger charge is -2.16. The Balaban J connectivity index is 2.08. The predicted octanol–water partition coefficient (Wildman–Crippen LogP) is 4.68. The summed E-state index contributed by atoms with van der Waals surface area (Å²) in [7, 11) is 1.29. The van der Waals surface area contributed by atoms with E-state index in [2.05, 4.69) is 4.72 Å². The summed E-state index contributed by atoms with van der Waals surface area (Å²) >= 11 is 0. The van der Waals surface area contributed by atoms with E-state index in [0.717, 1.165) is 6.07 Å². The third kappa shape index (κ3) is 5.40. The van der Waals surface area contributed by atoms with Gasteiger partial charge >= 0.3 is 0 Å². The summed E-state index contributed by atoms with van der Waals surface area (Å²) in [6, 6.07) is 8.31. The highest BCUT2D eigenvalue weighted by Gasteiger charge is 2.22. The summed E-state index contributed by atoms with van der Waals surface area (Å²) in [5.41, 5.74) is 0.821. The second-order valence-electron chi connectivity index (χ2n) is 7.06. The number of anilines is 1. The van der Waals surface area contributed by atoms with Crippen molar-refractivity contribution in [2.75, 3.05) is 33.2 Å². The maximum atomic E-state index is 13.7. The molecule has 35 heavy (non-hydrogen) atoms. The number of nitrogens with one attached hydrogen (secondary N) is 1. The monoisotopic (exact) mass is 507 g/mol. The number of hydrogen-bond donors (Lipinski definition) is 2. The van der Waals surface area contributed by atoms with E-state index in [0.29, 0.717) is 40.5 Å². The first kappa shape index (κ1) is 25.6. The summed E-state index contributed by atoms with van der Waals surface area (Å²) in [5.74, 6) is -1.78. The molecule has 0 radical (unpaired) electrons. The molecule has 0 aliphatic heterocycles. The van der Waals surface area contributed by atoms with Crippen LogP contribution in [0.2, 0.25) is 0 Å². The Labute approximate surface area is 201 Å². The van der Waals surface area contributed by atoms with Crippen LogP contribution in [0.5, 0.6) is 28.7 Å². The van der Waals surface area contributed by atoms with Gasteiger partial charge in [0.1, 0.15) is 5.69 Å². The lowest BCUT2D eigenvalue weighted by atomic mass is 10.1. The lowest BCUT2D eigenvalue weighted by Crippen LogP contribution is -2.15. The maximum Gasteiger partial charge on any atom is 0.262 e. The van der Waals surface area contributed by atoms with E-state index in [1.807, 2.05) is 0 Å². The molecule has 11 heteroatoms. The van der Waals surface area contributed by atoms with Crippen LogP contribution in [-0.4, -0.2) is 42.0 Å². The normalized spacial score (nSPS) is 11.4. The smallest absolute Gasteiger partial charge is 0.262 e. The third-order valence-corrected chi connectivity index (χ3v) is 6.30. The first-order valence-corrected chi connectivity index (χ1v) is 11.5. The Morgan fingerprint density at radius 1 is 0.800 bits per heavy atom. The fraction of sp³-hybridized carbons (Fsp3) is 0.167. The minimum Gasteiger partial charge on any atom is -0.504 e. The number of benzene rings is 3. The van der Waals surface area contributed by atoms with Crippen molar-refractivity contribution in [1.82, 2.24) is 0 Å². The standard InChI is InChI=1S/C24H23F2NO7S/c1-31-20-11-14(12-21(32-2)24(20)34-4)5-6-15-7-10-19(28)23(33-3)22(15)27-35(29,30)16-8-9-17(25)18(26)13-16/h5-13,27-28H,1-4H3/b6-5-. The van der Waals surface area contributed by atoms with E-state index in [-0.39, 0.29) is 17.2 Å². The highest BCUT2D eigenvalue weighted by molar-refractivity contribution is 7.92. The second kappa shape index (κ2) is 10.5. The molecular formula is C24H23F2NO7S. The van der Waals surface area contributed by atoms with Crippen LogP contribution in [0.25, 0.3) is 12.2 Å². The van der Waals surface area contributed by atoms with Gasteiger partial charge in [-0.05, 0) is 48.0 Å². The van der Waals surface area contributed by atoms with Crippen molar-refractivity contribution in [1.29, 1.82) is 0 Å². The van der Waals surface area contributed by atoms with Crippen molar-refractivity contribution in [2.24, 2.45) is 0 Å². The van der Waals surface area contributed by atoms with Crippen LogP contribution in [-0.2, 0) is 10.0 Å². The Bertz CT molecular complexity index is 1350. The Hall–Kier alpha value is -3.99. The third-order valence-electron chi connectivity index (χ3n) is 4.95. The molecule has 0 aliphatic carbocycles. The molecule has 0 aromatic heterocycles. The molecule has 0 bridgehead atoms. The fourth-order valence-corrected chi connectivity index (χ4v) is 4.36. The van der Waals surface area contributed by atoms with Crippen molar-refractivity contribution in [3.05, 3.63) is 65.2 Å². The van der Waals surface area contributed by atoms with Crippen molar-refractivity contribution in [2.45, 2.75) is 4.90 Å². The molecule has 0 fully saturated rings. The molecular weight excluding hydrogens is 484 g/mol. The van der Waals surface area contributed by atoms with Crippen LogP contribution in [0, 0.1) is 11.6 Å². The van der Waals surface area contributed by atoms with Gasteiger partial charge in [-0.25, -0.2) is 17.2 Å². The van der Waals surface area contributed by atoms with Gasteiger partial charge in [0.2, 0.25) is 5.75 Å². The van der Waals surface area contributed by atoms with Crippen LogP contribution in [0.3, 0.4) is 0 Å². The number of sulfonamides is 1. The van der Waals surface area contributed by atoms with Crippen molar-refractivity contribution in [3.8, 4) is 28.7 Å². The average molecular weight is 508 g/mol. The molecule has 0 amide bonds. The number of methoxy groups -OCH3 is 4. The number of hydrogen-bond acceptors (Lipinski definition) is 7. The van der Waals surface area contributed by atoms with Gasteiger partial charge in [-0.3, -0.25) is 4.72 Å². The van der Waals surface area contributed by atoms with Crippen LogP contribution in [0.4, 0.5) is 14.5 Å². The van der Waals surface area contributed by atoms with E-state index in [4.69, 9.17) is 18.9 Å². The number of halogens is 2. The van der Waals surface area contributed by atoms with Gasteiger partial charge in [-0.15, -0.1) is 0 Å². The number of ether oxygens (including phenoxy) is 4. The molecule has 8 nitrogen and oxygen atoms in total. The number of rotatable bonds is 9. The predicted molar refractivity (Wildman–Crippen MR) is 127 cm³/mol. The van der Waals surface area contributed by atoms with E-state index in [9.17, 15) is 22.3 Å². The molecule has 3 aromatic carbocycles. The van der Waals surface area contributed by atoms with Crippen LogP contribution in [0.1, 0.15) is 11.1 Å². The summed E-state index contributed by atoms with van der Waals surface area (Å²) < 4.78 is 76.2. The molecule has 0 saturated carbocycles. The first-order chi connectivity index (χ1) is 16.6. The zero-order valence-electron chi connectivity index (χ0n) is 19.3. The molecule has 0 unspecified atom stereocenters. The molecule has 186 valence electrons. The zero-order chi connectivity index (χ0) is 25.8. The Morgan fingerprint density at radius 3 is 1.97 bits per heavy atom. The number of phenolic OH excluding ortho intramolecular Hbond substituents is 1. The van der Waals surface area contributed by atoms with Crippen LogP contribution >= 0.6 is 0 Å². The molecule has 2 N–H and O–H groups in total. The average Bonchev–Trinajstić information content (AvgIpc) is 2.84. The highest BCUT2D eigenvalue weighted by atomic mass is 32.2. The van der Waals surface area contributed by atoms with E-state index in [1.54, 1.807) is 24.3 Å². The first-order valence-electron chi connectivity index (χ1n) is 10.0. The summed E-state index contributed by atoms with van der Waals surface area (Å²) in [6.45, 7) is 0. The largest absolute Gasteiger partial charge is 0.504 e. The Morgan fingerprint density at radius 2 is 1.43 bits per heavy atom. The van der Waals surface area contributed by atoms with Crippen LogP contribution in [0.15, 0.2) is 47.4 Å². The summed E-state index contributed by atoms with van der Waals surface area (Å²) in [6.07, 6.45) is 3.21. The fourth-order valence-electron chi connectivity index (χ4n) is 3.26. The van der Waals surface area contributed by atoms with Crippen molar-refractivity contribution >= 4 is 27.9 Å². The minimum absolute atomic E-state index is 0.110. The van der Waals surface area contributed by atoms with Gasteiger partial charge in [-0.1, -0.05) is 12.2 Å².